The van der Waals surface area contributed by atoms with E-state index in [0.29, 0.717) is 13.0 Å². The average Bonchev–Trinajstić information content (AvgIpc) is 2.23. The van der Waals surface area contributed by atoms with Crippen LogP contribution in [0.5, 0.6) is 0 Å². The van der Waals surface area contributed by atoms with Gasteiger partial charge in [-0.05, 0) is 30.4 Å². The van der Waals surface area contributed by atoms with Crippen LogP contribution in [0.3, 0.4) is 0 Å². The van der Waals surface area contributed by atoms with Gasteiger partial charge in [-0.15, -0.1) is 0 Å². The van der Waals surface area contributed by atoms with Gasteiger partial charge in [-0.1, -0.05) is 45.0 Å². The van der Waals surface area contributed by atoms with Crippen molar-refractivity contribution in [2.75, 3.05) is 0 Å². The molecule has 0 unspecified atom stereocenters. The van der Waals surface area contributed by atoms with Crippen LogP contribution in [0, 0.1) is 0 Å². The second kappa shape index (κ2) is 5.74. The zero-order valence-electron chi connectivity index (χ0n) is 12.7. The van der Waals surface area contributed by atoms with Crippen molar-refractivity contribution in [3.63, 3.8) is 0 Å². The van der Waals surface area contributed by atoms with Gasteiger partial charge in [0.2, 0.25) is 5.91 Å². The fourth-order valence-electron chi connectivity index (χ4n) is 1.80. The lowest BCUT2D eigenvalue weighted by Gasteiger charge is -2.19. The molecule has 0 bridgehead atoms. The van der Waals surface area contributed by atoms with Crippen LogP contribution in [0.4, 0.5) is 0 Å². The van der Waals surface area contributed by atoms with E-state index in [1.807, 2.05) is 13.8 Å². The summed E-state index contributed by atoms with van der Waals surface area (Å²) in [4.78, 5) is 11.7. The summed E-state index contributed by atoms with van der Waals surface area (Å²) in [6, 6.07) is 8.37. The van der Waals surface area contributed by atoms with E-state index in [-0.39, 0.29) is 11.3 Å². The first kappa shape index (κ1) is 15.7. The normalized spacial score (nSPS) is 12.3. The molecule has 1 aromatic rings. The lowest BCUT2D eigenvalue weighted by Crippen LogP contribution is -2.38. The fourth-order valence-corrected chi connectivity index (χ4v) is 1.80. The summed E-state index contributed by atoms with van der Waals surface area (Å²) in [5.74, 6) is -0.00704. The van der Waals surface area contributed by atoms with Crippen LogP contribution in [0.25, 0.3) is 0 Å². The number of nitrogens with one attached hydrogen (secondary N) is 1. The van der Waals surface area contributed by atoms with Gasteiger partial charge in [-0.25, -0.2) is 0 Å². The third kappa shape index (κ3) is 5.88. The van der Waals surface area contributed by atoms with Gasteiger partial charge in [0, 0.05) is 18.5 Å². The molecule has 3 N–H and O–H groups in total. The number of hydrogen-bond acceptors (Lipinski definition) is 2. The van der Waals surface area contributed by atoms with Crippen LogP contribution in [-0.4, -0.2) is 11.4 Å². The number of amides is 1. The van der Waals surface area contributed by atoms with Crippen molar-refractivity contribution in [3.05, 3.63) is 35.4 Å². The predicted molar refractivity (Wildman–Crippen MR) is 79.9 cm³/mol. The smallest absolute Gasteiger partial charge is 0.222 e. The molecule has 106 valence electrons. The van der Waals surface area contributed by atoms with Crippen LogP contribution >= 0.6 is 0 Å². The summed E-state index contributed by atoms with van der Waals surface area (Å²) in [5, 5.41) is 2.89. The number of carbonyl (C=O) groups excluding carboxylic acids is 1. The Hall–Kier alpha value is -1.35. The molecule has 0 heterocycles. The third-order valence-electron chi connectivity index (χ3n) is 2.93. The summed E-state index contributed by atoms with van der Waals surface area (Å²) in [5.41, 5.74) is 7.92. The molecule has 0 spiro atoms. The Morgan fingerprint density at radius 3 is 2.05 bits per heavy atom. The van der Waals surface area contributed by atoms with Crippen molar-refractivity contribution < 1.29 is 4.79 Å². The summed E-state index contributed by atoms with van der Waals surface area (Å²) >= 11 is 0. The molecule has 1 amide bonds. The molecule has 1 rings (SSSR count). The van der Waals surface area contributed by atoms with Crippen molar-refractivity contribution in [1.82, 2.24) is 5.32 Å². The van der Waals surface area contributed by atoms with Crippen LogP contribution < -0.4 is 11.1 Å². The number of carbonyl (C=O) groups is 1. The highest BCUT2D eigenvalue weighted by atomic mass is 16.1. The van der Waals surface area contributed by atoms with E-state index in [1.54, 1.807) is 0 Å². The maximum Gasteiger partial charge on any atom is 0.222 e. The Bertz CT molecular complexity index is 422. The Kier molecular flexibility index (Phi) is 4.75. The second-order valence-corrected chi connectivity index (χ2v) is 6.89. The van der Waals surface area contributed by atoms with E-state index in [2.05, 4.69) is 50.4 Å². The molecule has 0 aromatic heterocycles. The number of hydrogen-bond donors (Lipinski definition) is 2. The summed E-state index contributed by atoms with van der Waals surface area (Å²) in [6.07, 6.45) is 0.340. The monoisotopic (exact) mass is 262 g/mol. The van der Waals surface area contributed by atoms with E-state index < -0.39 is 5.54 Å². The van der Waals surface area contributed by atoms with Crippen LogP contribution in [0.15, 0.2) is 24.3 Å². The van der Waals surface area contributed by atoms with E-state index in [4.69, 9.17) is 5.73 Å². The van der Waals surface area contributed by atoms with Gasteiger partial charge in [0.1, 0.15) is 0 Å². The zero-order valence-corrected chi connectivity index (χ0v) is 12.7. The molecule has 0 fully saturated rings. The van der Waals surface area contributed by atoms with Gasteiger partial charge in [0.05, 0.1) is 0 Å². The lowest BCUT2D eigenvalue weighted by atomic mass is 9.87. The summed E-state index contributed by atoms with van der Waals surface area (Å²) in [7, 11) is 0. The molecular formula is C16H26N2O. The van der Waals surface area contributed by atoms with Gasteiger partial charge in [-0.3, -0.25) is 4.79 Å². The van der Waals surface area contributed by atoms with E-state index in [9.17, 15) is 4.79 Å². The largest absolute Gasteiger partial charge is 0.352 e. The Labute approximate surface area is 116 Å². The molecule has 0 radical (unpaired) electrons. The molecule has 0 saturated carbocycles. The van der Waals surface area contributed by atoms with Crippen molar-refractivity contribution in [2.24, 2.45) is 5.73 Å². The zero-order chi connectivity index (χ0) is 14.7. The summed E-state index contributed by atoms with van der Waals surface area (Å²) < 4.78 is 0. The molecule has 19 heavy (non-hydrogen) atoms. The Morgan fingerprint density at radius 1 is 1.11 bits per heavy atom. The highest BCUT2D eigenvalue weighted by Gasteiger charge is 2.16. The first-order valence-corrected chi connectivity index (χ1v) is 6.73. The lowest BCUT2D eigenvalue weighted by molar-refractivity contribution is -0.122. The second-order valence-electron chi connectivity index (χ2n) is 6.89. The minimum atomic E-state index is -0.458. The van der Waals surface area contributed by atoms with Gasteiger partial charge in [-0.2, -0.15) is 0 Å². The van der Waals surface area contributed by atoms with Gasteiger partial charge in [0.15, 0.2) is 0 Å². The van der Waals surface area contributed by atoms with Crippen LogP contribution in [-0.2, 0) is 16.8 Å². The van der Waals surface area contributed by atoms with Crippen molar-refractivity contribution in [3.8, 4) is 0 Å². The predicted octanol–water partition coefficient (Wildman–Crippen LogP) is 2.73. The first-order chi connectivity index (χ1) is 8.58. The Morgan fingerprint density at radius 2 is 1.63 bits per heavy atom. The average molecular weight is 262 g/mol. The van der Waals surface area contributed by atoms with E-state index >= 15 is 0 Å². The maximum atomic E-state index is 11.7. The standard InChI is InChI=1S/C16H26N2O/c1-15(2,3)13-8-6-12(7-9-13)11-18-14(19)10-16(4,5)17/h6-9H,10-11,17H2,1-5H3,(H,18,19). The van der Waals surface area contributed by atoms with Crippen LogP contribution in [0.1, 0.15) is 52.2 Å². The molecule has 0 atom stereocenters. The highest BCUT2D eigenvalue weighted by molar-refractivity contribution is 5.77. The van der Waals surface area contributed by atoms with Gasteiger partial charge in [0.25, 0.3) is 0 Å². The molecule has 0 aliphatic rings. The van der Waals surface area contributed by atoms with E-state index in [1.165, 1.54) is 5.56 Å². The number of rotatable bonds is 4. The quantitative estimate of drug-likeness (QED) is 0.876. The minimum Gasteiger partial charge on any atom is -0.352 e. The topological polar surface area (TPSA) is 55.1 Å². The van der Waals surface area contributed by atoms with Crippen molar-refractivity contribution in [1.29, 1.82) is 0 Å². The number of nitrogens with two attached hydrogens (primary N) is 1. The molecule has 0 aliphatic heterocycles. The third-order valence-corrected chi connectivity index (χ3v) is 2.93. The van der Waals surface area contributed by atoms with Crippen LogP contribution in [0.2, 0.25) is 0 Å². The molecular weight excluding hydrogens is 236 g/mol. The highest BCUT2D eigenvalue weighted by Crippen LogP contribution is 2.22. The Balaban J connectivity index is 2.53. The molecule has 0 saturated heterocycles. The molecule has 3 nitrogen and oxygen atoms in total. The van der Waals surface area contributed by atoms with Crippen molar-refractivity contribution in [2.45, 2.75) is 58.5 Å². The number of benzene rings is 1. The van der Waals surface area contributed by atoms with E-state index in [0.717, 1.165) is 5.56 Å². The van der Waals surface area contributed by atoms with Crippen molar-refractivity contribution >= 4 is 5.91 Å². The fraction of sp³-hybridized carbons (Fsp3) is 0.562. The molecule has 3 heteroatoms. The SMILES string of the molecule is CC(C)(N)CC(=O)NCc1ccc(C(C)(C)C)cc1. The summed E-state index contributed by atoms with van der Waals surface area (Å²) in [6.45, 7) is 10.8. The van der Waals surface area contributed by atoms with Gasteiger partial charge < -0.3 is 11.1 Å². The van der Waals surface area contributed by atoms with Gasteiger partial charge >= 0.3 is 0 Å². The first-order valence-electron chi connectivity index (χ1n) is 6.73. The molecule has 0 aliphatic carbocycles. The minimum absolute atomic E-state index is 0.00704. The maximum absolute atomic E-state index is 11.7. The molecule has 1 aromatic carbocycles.